The zero-order valence-corrected chi connectivity index (χ0v) is 16.0. The maximum Gasteiger partial charge on any atom is 0.271 e. The van der Waals surface area contributed by atoms with Crippen LogP contribution in [0.5, 0.6) is 5.75 Å². The van der Waals surface area contributed by atoms with E-state index in [4.69, 9.17) is 4.74 Å². The van der Waals surface area contributed by atoms with Crippen molar-refractivity contribution in [3.63, 3.8) is 0 Å². The second kappa shape index (κ2) is 7.57. The lowest BCUT2D eigenvalue weighted by Gasteiger charge is -2.25. The molecule has 4 rings (SSSR count). The number of hydrogen-bond donors (Lipinski definition) is 1. The lowest BCUT2D eigenvalue weighted by molar-refractivity contribution is 0.102. The van der Waals surface area contributed by atoms with Crippen LogP contribution in [0.4, 0.5) is 5.13 Å². The van der Waals surface area contributed by atoms with Crippen LogP contribution in [0.1, 0.15) is 25.8 Å². The van der Waals surface area contributed by atoms with Gasteiger partial charge in [-0.1, -0.05) is 30.3 Å². The number of rotatable bonds is 5. The van der Waals surface area contributed by atoms with Crippen LogP contribution in [-0.2, 0) is 19.5 Å². The van der Waals surface area contributed by atoms with E-state index in [1.807, 2.05) is 11.4 Å². The number of amides is 1. The SMILES string of the molecule is COc1ccsc1C(=O)Nc1nc2c(s1)CN(Cc1ccccc1)CC2. The van der Waals surface area contributed by atoms with Gasteiger partial charge in [0.1, 0.15) is 10.6 Å². The molecule has 5 nitrogen and oxygen atoms in total. The number of benzene rings is 1. The van der Waals surface area contributed by atoms with Gasteiger partial charge in [0.2, 0.25) is 0 Å². The molecule has 0 radical (unpaired) electrons. The van der Waals surface area contributed by atoms with Gasteiger partial charge < -0.3 is 4.74 Å². The molecule has 0 spiro atoms. The zero-order chi connectivity index (χ0) is 17.9. The van der Waals surface area contributed by atoms with E-state index in [1.54, 1.807) is 24.5 Å². The summed E-state index contributed by atoms with van der Waals surface area (Å²) in [5, 5.41) is 5.43. The van der Waals surface area contributed by atoms with Crippen LogP contribution in [0.15, 0.2) is 41.8 Å². The third-order valence-electron chi connectivity index (χ3n) is 4.34. The van der Waals surface area contributed by atoms with Crippen molar-refractivity contribution in [2.75, 3.05) is 19.0 Å². The smallest absolute Gasteiger partial charge is 0.271 e. The summed E-state index contributed by atoms with van der Waals surface area (Å²) in [6, 6.07) is 12.3. The quantitative estimate of drug-likeness (QED) is 0.721. The molecule has 3 heterocycles. The van der Waals surface area contributed by atoms with Gasteiger partial charge in [-0.25, -0.2) is 4.98 Å². The third kappa shape index (κ3) is 3.65. The molecule has 3 aromatic rings. The maximum absolute atomic E-state index is 12.4. The van der Waals surface area contributed by atoms with Crippen molar-refractivity contribution >= 4 is 33.7 Å². The fourth-order valence-corrected chi connectivity index (χ4v) is 4.85. The molecule has 7 heteroatoms. The molecule has 134 valence electrons. The van der Waals surface area contributed by atoms with Crippen LogP contribution in [0, 0.1) is 0 Å². The molecule has 0 fully saturated rings. The minimum atomic E-state index is -0.163. The number of methoxy groups -OCH3 is 1. The van der Waals surface area contributed by atoms with E-state index >= 15 is 0 Å². The Morgan fingerprint density at radius 1 is 1.31 bits per heavy atom. The van der Waals surface area contributed by atoms with Crippen LogP contribution in [0.2, 0.25) is 0 Å². The van der Waals surface area contributed by atoms with Gasteiger partial charge in [-0.2, -0.15) is 0 Å². The summed E-state index contributed by atoms with van der Waals surface area (Å²) in [5.74, 6) is 0.437. The number of hydrogen-bond acceptors (Lipinski definition) is 6. The van der Waals surface area contributed by atoms with Crippen molar-refractivity contribution in [2.24, 2.45) is 0 Å². The first-order valence-corrected chi connectivity index (χ1v) is 10.1. The van der Waals surface area contributed by atoms with Gasteiger partial charge in [-0.3, -0.25) is 15.0 Å². The Labute approximate surface area is 160 Å². The summed E-state index contributed by atoms with van der Waals surface area (Å²) in [4.78, 5) is 21.3. The first kappa shape index (κ1) is 17.2. The van der Waals surface area contributed by atoms with E-state index in [-0.39, 0.29) is 5.91 Å². The molecular formula is C19H19N3O2S2. The monoisotopic (exact) mass is 385 g/mol. The Kier molecular flexibility index (Phi) is 5.01. The maximum atomic E-state index is 12.4. The number of thiazole rings is 1. The van der Waals surface area contributed by atoms with Gasteiger partial charge in [0.05, 0.1) is 12.8 Å². The Bertz CT molecular complexity index is 905. The number of nitrogens with one attached hydrogen (secondary N) is 1. The molecule has 0 bridgehead atoms. The molecule has 0 saturated carbocycles. The summed E-state index contributed by atoms with van der Waals surface area (Å²) < 4.78 is 5.22. The molecule has 0 saturated heterocycles. The van der Waals surface area contributed by atoms with Gasteiger partial charge in [0.25, 0.3) is 5.91 Å². The molecular weight excluding hydrogens is 366 g/mol. The third-order valence-corrected chi connectivity index (χ3v) is 6.23. The van der Waals surface area contributed by atoms with Crippen molar-refractivity contribution in [1.29, 1.82) is 0 Å². The fourth-order valence-electron chi connectivity index (χ4n) is 3.06. The Balaban J connectivity index is 1.43. The van der Waals surface area contributed by atoms with Gasteiger partial charge in [-0.15, -0.1) is 22.7 Å². The van der Waals surface area contributed by atoms with Crippen molar-refractivity contribution < 1.29 is 9.53 Å². The second-order valence-corrected chi connectivity index (χ2v) is 8.11. The number of carbonyl (C=O) groups excluding carboxylic acids is 1. The van der Waals surface area contributed by atoms with Crippen molar-refractivity contribution in [3.05, 3.63) is 62.8 Å². The highest BCUT2D eigenvalue weighted by Crippen LogP contribution is 2.31. The van der Waals surface area contributed by atoms with E-state index in [9.17, 15) is 4.79 Å². The largest absolute Gasteiger partial charge is 0.495 e. The van der Waals surface area contributed by atoms with Crippen LogP contribution in [0.25, 0.3) is 0 Å². The highest BCUT2D eigenvalue weighted by molar-refractivity contribution is 7.16. The van der Waals surface area contributed by atoms with Gasteiger partial charge in [0.15, 0.2) is 5.13 Å². The van der Waals surface area contributed by atoms with Gasteiger partial charge in [-0.05, 0) is 17.0 Å². The average Bonchev–Trinajstić information content (AvgIpc) is 3.28. The first-order chi connectivity index (χ1) is 12.7. The molecule has 0 atom stereocenters. The lowest BCUT2D eigenvalue weighted by Crippen LogP contribution is -2.29. The summed E-state index contributed by atoms with van der Waals surface area (Å²) in [6.07, 6.45) is 0.914. The van der Waals surface area contributed by atoms with E-state index in [0.717, 1.165) is 31.7 Å². The number of fused-ring (bicyclic) bond motifs is 1. The molecule has 1 aromatic carbocycles. The molecule has 1 aliphatic heterocycles. The minimum absolute atomic E-state index is 0.163. The number of carbonyl (C=O) groups is 1. The average molecular weight is 386 g/mol. The predicted molar refractivity (Wildman–Crippen MR) is 105 cm³/mol. The summed E-state index contributed by atoms with van der Waals surface area (Å²) in [7, 11) is 1.57. The number of aromatic nitrogens is 1. The lowest BCUT2D eigenvalue weighted by atomic mass is 10.1. The molecule has 2 aromatic heterocycles. The van der Waals surface area contributed by atoms with Crippen LogP contribution >= 0.6 is 22.7 Å². The first-order valence-electron chi connectivity index (χ1n) is 8.40. The molecule has 26 heavy (non-hydrogen) atoms. The van der Waals surface area contributed by atoms with Crippen LogP contribution < -0.4 is 10.1 Å². The van der Waals surface area contributed by atoms with Crippen molar-refractivity contribution in [2.45, 2.75) is 19.5 Å². The normalized spacial score (nSPS) is 14.0. The molecule has 1 aliphatic rings. The van der Waals surface area contributed by atoms with E-state index in [2.05, 4.69) is 39.5 Å². The van der Waals surface area contributed by atoms with Crippen molar-refractivity contribution in [1.82, 2.24) is 9.88 Å². The highest BCUT2D eigenvalue weighted by Gasteiger charge is 2.22. The Hall–Kier alpha value is -2.22. The Morgan fingerprint density at radius 2 is 2.15 bits per heavy atom. The molecule has 0 aliphatic carbocycles. The van der Waals surface area contributed by atoms with Crippen LogP contribution in [-0.4, -0.2) is 29.4 Å². The van der Waals surface area contributed by atoms with E-state index in [1.165, 1.54) is 21.8 Å². The standard InChI is InChI=1S/C19H19N3O2S2/c1-24-15-8-10-25-17(15)18(23)21-19-20-14-7-9-22(12-16(14)26-19)11-13-5-3-2-4-6-13/h2-6,8,10H,7,9,11-12H2,1H3,(H,20,21,23). The summed E-state index contributed by atoms with van der Waals surface area (Å²) in [6.45, 7) is 2.80. The minimum Gasteiger partial charge on any atom is -0.495 e. The van der Waals surface area contributed by atoms with E-state index in [0.29, 0.717) is 15.8 Å². The fraction of sp³-hybridized carbons (Fsp3) is 0.263. The van der Waals surface area contributed by atoms with Crippen LogP contribution in [0.3, 0.4) is 0 Å². The number of nitrogens with zero attached hydrogens (tertiary/aromatic N) is 2. The number of ether oxygens (including phenoxy) is 1. The highest BCUT2D eigenvalue weighted by atomic mass is 32.1. The second-order valence-electron chi connectivity index (χ2n) is 6.11. The zero-order valence-electron chi connectivity index (χ0n) is 14.4. The summed E-state index contributed by atoms with van der Waals surface area (Å²) >= 11 is 2.94. The predicted octanol–water partition coefficient (Wildman–Crippen LogP) is 4.02. The topological polar surface area (TPSA) is 54.5 Å². The van der Waals surface area contributed by atoms with Gasteiger partial charge in [0, 0.05) is 30.9 Å². The molecule has 1 amide bonds. The molecule has 0 unspecified atom stereocenters. The number of anilines is 1. The van der Waals surface area contributed by atoms with Gasteiger partial charge >= 0.3 is 0 Å². The van der Waals surface area contributed by atoms with Crippen molar-refractivity contribution in [3.8, 4) is 5.75 Å². The number of thiophene rings is 1. The van der Waals surface area contributed by atoms with E-state index < -0.39 is 0 Å². The Morgan fingerprint density at radius 3 is 2.96 bits per heavy atom. The molecule has 1 N–H and O–H groups in total. The summed E-state index contributed by atoms with van der Waals surface area (Å²) in [5.41, 5.74) is 2.42.